The monoisotopic (exact) mass is 413 g/mol. The number of nitrogens with zero attached hydrogens (tertiary/aromatic N) is 2. The molecule has 0 aliphatic heterocycles. The molecule has 0 unspecified atom stereocenters. The van der Waals surface area contributed by atoms with E-state index in [4.69, 9.17) is 9.15 Å². The van der Waals surface area contributed by atoms with E-state index in [1.165, 1.54) is 35.2 Å². The molecule has 2 aromatic heterocycles. The van der Waals surface area contributed by atoms with Gasteiger partial charge in [0.25, 0.3) is 0 Å². The molecule has 0 radical (unpaired) electrons. The van der Waals surface area contributed by atoms with E-state index in [0.717, 1.165) is 26.7 Å². The maximum atomic E-state index is 11.8. The second-order valence-electron chi connectivity index (χ2n) is 5.79. The van der Waals surface area contributed by atoms with Gasteiger partial charge in [0.05, 0.1) is 7.11 Å². The van der Waals surface area contributed by atoms with Gasteiger partial charge in [-0.05, 0) is 42.0 Å². The van der Waals surface area contributed by atoms with Gasteiger partial charge in [-0.1, -0.05) is 23.1 Å². The summed E-state index contributed by atoms with van der Waals surface area (Å²) >= 11 is 2.91. The molecular formula is C19H15N3O4S2. The molecule has 0 bridgehead atoms. The molecule has 2 heterocycles. The third-order valence-electron chi connectivity index (χ3n) is 3.91. The smallest absolute Gasteiger partial charge is 0.336 e. The lowest BCUT2D eigenvalue weighted by Gasteiger charge is -2.04. The number of aromatic nitrogens is 2. The molecule has 7 nitrogen and oxygen atoms in total. The number of hydrogen-bond acceptors (Lipinski definition) is 9. The number of hydrogen-bond donors (Lipinski definition) is 2. The van der Waals surface area contributed by atoms with Crippen LogP contribution < -0.4 is 15.7 Å². The minimum Gasteiger partial charge on any atom is -0.508 e. The van der Waals surface area contributed by atoms with Crippen molar-refractivity contribution in [3.8, 4) is 11.5 Å². The number of aromatic hydroxyl groups is 1. The van der Waals surface area contributed by atoms with E-state index in [1.807, 2.05) is 24.3 Å². The largest absolute Gasteiger partial charge is 0.508 e. The number of nitrogens with one attached hydrogen (secondary N) is 1. The summed E-state index contributed by atoms with van der Waals surface area (Å²) < 4.78 is 11.1. The fourth-order valence-electron chi connectivity index (χ4n) is 2.59. The standard InChI is InChI=1S/C19H15N3O4S2/c1-25-14-5-2-12(3-6-14)20-18-21-22-19(28-18)27-10-11-8-17(24)26-16-9-13(23)4-7-15(11)16/h2-9,23H,10H2,1H3,(H,20,21). The average Bonchev–Trinajstić information content (AvgIpc) is 3.13. The average molecular weight is 413 g/mol. The minimum atomic E-state index is -0.451. The second-order valence-corrected chi connectivity index (χ2v) is 7.99. The van der Waals surface area contributed by atoms with Crippen LogP contribution in [0.25, 0.3) is 11.0 Å². The van der Waals surface area contributed by atoms with Crippen LogP contribution in [-0.4, -0.2) is 22.4 Å². The normalized spacial score (nSPS) is 10.9. The Morgan fingerprint density at radius 1 is 1.18 bits per heavy atom. The fraction of sp³-hybridized carbons (Fsp3) is 0.105. The van der Waals surface area contributed by atoms with Crippen LogP contribution in [-0.2, 0) is 5.75 Å². The predicted octanol–water partition coefficient (Wildman–Crippen LogP) is 4.39. The van der Waals surface area contributed by atoms with E-state index in [1.54, 1.807) is 19.2 Å². The molecule has 4 aromatic rings. The molecule has 9 heteroatoms. The first-order valence-corrected chi connectivity index (χ1v) is 10.0. The minimum absolute atomic E-state index is 0.0545. The maximum absolute atomic E-state index is 11.8. The highest BCUT2D eigenvalue weighted by atomic mass is 32.2. The summed E-state index contributed by atoms with van der Waals surface area (Å²) in [5, 5.41) is 22.6. The summed E-state index contributed by atoms with van der Waals surface area (Å²) in [6.45, 7) is 0. The highest BCUT2D eigenvalue weighted by molar-refractivity contribution is 8.00. The summed E-state index contributed by atoms with van der Waals surface area (Å²) in [4.78, 5) is 11.8. The van der Waals surface area contributed by atoms with Crippen molar-refractivity contribution < 1.29 is 14.3 Å². The lowest BCUT2D eigenvalue weighted by atomic mass is 10.1. The SMILES string of the molecule is COc1ccc(Nc2nnc(SCc3cc(=O)oc4cc(O)ccc34)s2)cc1. The molecule has 4 rings (SSSR count). The number of phenolic OH excluding ortho intramolecular Hbond substituents is 1. The lowest BCUT2D eigenvalue weighted by molar-refractivity contribution is 0.415. The molecule has 0 fully saturated rings. The fourth-order valence-corrected chi connectivity index (χ4v) is 4.36. The van der Waals surface area contributed by atoms with Crippen LogP contribution in [0.5, 0.6) is 11.5 Å². The summed E-state index contributed by atoms with van der Waals surface area (Å²) in [7, 11) is 1.62. The molecule has 0 saturated heterocycles. The highest BCUT2D eigenvalue weighted by Crippen LogP contribution is 2.32. The van der Waals surface area contributed by atoms with E-state index in [9.17, 15) is 9.90 Å². The molecule has 2 aromatic carbocycles. The van der Waals surface area contributed by atoms with Crippen LogP contribution >= 0.6 is 23.1 Å². The van der Waals surface area contributed by atoms with Crippen molar-refractivity contribution in [1.82, 2.24) is 10.2 Å². The molecule has 28 heavy (non-hydrogen) atoms. The van der Waals surface area contributed by atoms with Crippen LogP contribution in [0.4, 0.5) is 10.8 Å². The molecule has 0 spiro atoms. The summed E-state index contributed by atoms with van der Waals surface area (Å²) in [6.07, 6.45) is 0. The van der Waals surface area contributed by atoms with Gasteiger partial charge in [-0.15, -0.1) is 10.2 Å². The zero-order valence-corrected chi connectivity index (χ0v) is 16.3. The van der Waals surface area contributed by atoms with Crippen LogP contribution in [0.15, 0.2) is 62.1 Å². The number of methoxy groups -OCH3 is 1. The van der Waals surface area contributed by atoms with Gasteiger partial charge in [0.15, 0.2) is 4.34 Å². The van der Waals surface area contributed by atoms with E-state index in [0.29, 0.717) is 16.5 Å². The number of rotatable bonds is 6. The van der Waals surface area contributed by atoms with Crippen molar-refractivity contribution in [2.24, 2.45) is 0 Å². The van der Waals surface area contributed by atoms with Gasteiger partial charge in [-0.2, -0.15) is 0 Å². The van der Waals surface area contributed by atoms with Gasteiger partial charge in [0.1, 0.15) is 17.1 Å². The van der Waals surface area contributed by atoms with Crippen LogP contribution in [0.1, 0.15) is 5.56 Å². The highest BCUT2D eigenvalue weighted by Gasteiger charge is 2.10. The van der Waals surface area contributed by atoms with Crippen molar-refractivity contribution in [2.75, 3.05) is 12.4 Å². The third-order valence-corrected chi connectivity index (χ3v) is 5.93. The second kappa shape index (κ2) is 7.91. The number of ether oxygens (including phenoxy) is 1. The Kier molecular flexibility index (Phi) is 5.18. The molecule has 0 saturated carbocycles. The first kappa shape index (κ1) is 18.3. The van der Waals surface area contributed by atoms with Crippen molar-refractivity contribution >= 4 is 44.9 Å². The molecule has 142 valence electrons. The summed E-state index contributed by atoms with van der Waals surface area (Å²) in [5.41, 5.74) is 1.62. The first-order valence-electron chi connectivity index (χ1n) is 8.24. The Labute approximate surface area is 168 Å². The Morgan fingerprint density at radius 3 is 2.79 bits per heavy atom. The van der Waals surface area contributed by atoms with Gasteiger partial charge in [0.2, 0.25) is 5.13 Å². The van der Waals surface area contributed by atoms with Gasteiger partial charge in [-0.25, -0.2) is 4.79 Å². The Balaban J connectivity index is 1.47. The number of phenols is 1. The van der Waals surface area contributed by atoms with Crippen LogP contribution in [0.3, 0.4) is 0 Å². The van der Waals surface area contributed by atoms with Crippen LogP contribution in [0, 0.1) is 0 Å². The maximum Gasteiger partial charge on any atom is 0.336 e. The van der Waals surface area contributed by atoms with Gasteiger partial charge in [-0.3, -0.25) is 0 Å². The van der Waals surface area contributed by atoms with Crippen molar-refractivity contribution in [2.45, 2.75) is 10.1 Å². The molecule has 0 aliphatic carbocycles. The van der Waals surface area contributed by atoms with Crippen LogP contribution in [0.2, 0.25) is 0 Å². The van der Waals surface area contributed by atoms with Crippen molar-refractivity contribution in [3.63, 3.8) is 0 Å². The van der Waals surface area contributed by atoms with E-state index in [2.05, 4.69) is 15.5 Å². The number of anilines is 2. The summed E-state index contributed by atoms with van der Waals surface area (Å²) in [6, 6.07) is 13.7. The Hall–Kier alpha value is -3.04. The first-order chi connectivity index (χ1) is 13.6. The molecule has 0 amide bonds. The predicted molar refractivity (Wildman–Crippen MR) is 110 cm³/mol. The van der Waals surface area contributed by atoms with E-state index in [-0.39, 0.29) is 5.75 Å². The van der Waals surface area contributed by atoms with Gasteiger partial charge >= 0.3 is 5.63 Å². The third kappa shape index (κ3) is 4.10. The quantitative estimate of drug-likeness (QED) is 0.355. The zero-order valence-electron chi connectivity index (χ0n) is 14.7. The van der Waals surface area contributed by atoms with Crippen molar-refractivity contribution in [3.05, 3.63) is 64.5 Å². The molecule has 0 atom stereocenters. The van der Waals surface area contributed by atoms with Gasteiger partial charge in [0, 0.05) is 29.0 Å². The number of benzene rings is 2. The lowest BCUT2D eigenvalue weighted by Crippen LogP contribution is -1.99. The van der Waals surface area contributed by atoms with Crippen molar-refractivity contribution in [1.29, 1.82) is 0 Å². The Bertz CT molecular complexity index is 1170. The van der Waals surface area contributed by atoms with E-state index >= 15 is 0 Å². The van der Waals surface area contributed by atoms with Gasteiger partial charge < -0.3 is 19.6 Å². The molecule has 2 N–H and O–H groups in total. The number of thioether (sulfide) groups is 1. The number of fused-ring (bicyclic) bond motifs is 1. The summed E-state index contributed by atoms with van der Waals surface area (Å²) in [5.74, 6) is 1.37. The topological polar surface area (TPSA) is 97.5 Å². The zero-order chi connectivity index (χ0) is 19.5. The van der Waals surface area contributed by atoms with E-state index < -0.39 is 5.63 Å². The molecule has 0 aliphatic rings. The Morgan fingerprint density at radius 2 is 2.00 bits per heavy atom. The molecular weight excluding hydrogens is 398 g/mol.